The Morgan fingerprint density at radius 3 is 1.59 bits per heavy atom. The van der Waals surface area contributed by atoms with Crippen molar-refractivity contribution >= 4 is 5.91 Å². The van der Waals surface area contributed by atoms with Gasteiger partial charge in [0.25, 0.3) is 0 Å². The van der Waals surface area contributed by atoms with Gasteiger partial charge in [-0.25, -0.2) is 0 Å². The van der Waals surface area contributed by atoms with Gasteiger partial charge in [0.05, 0.1) is 25.4 Å². The monoisotopic (exact) mass is 766 g/mol. The minimum atomic E-state index is -1.57. The van der Waals surface area contributed by atoms with Gasteiger partial charge in [0.15, 0.2) is 6.29 Å². The predicted octanol–water partition coefficient (Wildman–Crippen LogP) is 8.89. The molecule has 1 heterocycles. The smallest absolute Gasteiger partial charge is 0.220 e. The molecule has 1 fully saturated rings. The van der Waals surface area contributed by atoms with E-state index in [2.05, 4.69) is 37.4 Å². The van der Waals surface area contributed by atoms with E-state index in [9.17, 15) is 30.3 Å². The number of aliphatic hydroxyl groups excluding tert-OH is 5. The van der Waals surface area contributed by atoms with Crippen LogP contribution in [0.3, 0.4) is 0 Å². The second-order valence-electron chi connectivity index (χ2n) is 15.5. The van der Waals surface area contributed by atoms with Crippen LogP contribution < -0.4 is 5.32 Å². The summed E-state index contributed by atoms with van der Waals surface area (Å²) < 4.78 is 11.1. The fourth-order valence-corrected chi connectivity index (χ4v) is 6.85. The maximum atomic E-state index is 12.9. The summed E-state index contributed by atoms with van der Waals surface area (Å²) in [5, 5.41) is 53.9. The molecule has 2 unspecified atom stereocenters. The van der Waals surface area contributed by atoms with Crippen LogP contribution in [-0.4, -0.2) is 87.5 Å². The number of amides is 1. The largest absolute Gasteiger partial charge is 0.394 e. The molecule has 0 bridgehead atoms. The van der Waals surface area contributed by atoms with Gasteiger partial charge < -0.3 is 40.3 Å². The van der Waals surface area contributed by atoms with Gasteiger partial charge >= 0.3 is 0 Å². The second-order valence-corrected chi connectivity index (χ2v) is 15.5. The number of hydrogen-bond acceptors (Lipinski definition) is 8. The van der Waals surface area contributed by atoms with Gasteiger partial charge in [0.2, 0.25) is 5.91 Å². The first-order valence-corrected chi connectivity index (χ1v) is 22.2. The minimum absolute atomic E-state index is 0.197. The molecule has 0 saturated carbocycles. The average Bonchev–Trinajstić information content (AvgIpc) is 3.17. The van der Waals surface area contributed by atoms with Gasteiger partial charge in [-0.15, -0.1) is 0 Å². The van der Waals surface area contributed by atoms with E-state index in [1.165, 1.54) is 135 Å². The standard InChI is InChI=1S/C45H83NO8/c1-3-5-7-9-11-13-15-16-17-18-19-20-21-22-23-24-25-27-29-31-33-35-41(49)46-38(37-53-45-44(52)43(51)42(50)40(36-47)54-45)39(48)34-32-30-28-26-14-12-10-8-6-4-2/h16-17,28,30,32,34,38-40,42-45,47-48,50-52H,3-15,18-27,29,31,33,35-37H2,1-2H3,(H,46,49)/b17-16+,30-28+,34-32+/t38-,39+,40-,42-,43?,44?,45-/m0/s1. The van der Waals surface area contributed by atoms with Crippen LogP contribution in [0.5, 0.6) is 0 Å². The van der Waals surface area contributed by atoms with Crippen molar-refractivity contribution in [2.45, 2.75) is 230 Å². The van der Waals surface area contributed by atoms with Crippen molar-refractivity contribution in [3.8, 4) is 0 Å². The number of ether oxygens (including phenoxy) is 2. The van der Waals surface area contributed by atoms with Gasteiger partial charge in [-0.1, -0.05) is 172 Å². The highest BCUT2D eigenvalue weighted by atomic mass is 16.7. The van der Waals surface area contributed by atoms with Crippen LogP contribution in [0.25, 0.3) is 0 Å². The number of nitrogens with one attached hydrogen (secondary N) is 1. The van der Waals surface area contributed by atoms with Gasteiger partial charge in [-0.3, -0.25) is 4.79 Å². The molecular formula is C45H83NO8. The van der Waals surface area contributed by atoms with E-state index < -0.39 is 49.5 Å². The fraction of sp³-hybridized carbons (Fsp3) is 0.844. The minimum Gasteiger partial charge on any atom is -0.394 e. The zero-order valence-electron chi connectivity index (χ0n) is 34.5. The van der Waals surface area contributed by atoms with Crippen molar-refractivity contribution in [1.82, 2.24) is 5.32 Å². The number of rotatable bonds is 36. The summed E-state index contributed by atoms with van der Waals surface area (Å²) >= 11 is 0. The zero-order valence-corrected chi connectivity index (χ0v) is 34.5. The van der Waals surface area contributed by atoms with E-state index in [-0.39, 0.29) is 12.5 Å². The lowest BCUT2D eigenvalue weighted by atomic mass is 9.99. The Bertz CT molecular complexity index is 941. The van der Waals surface area contributed by atoms with Crippen LogP contribution in [0.1, 0.15) is 187 Å². The number of unbranched alkanes of at least 4 members (excludes halogenated alkanes) is 23. The lowest BCUT2D eigenvalue weighted by Crippen LogP contribution is -2.60. The van der Waals surface area contributed by atoms with Crippen LogP contribution >= 0.6 is 0 Å². The molecule has 9 nitrogen and oxygen atoms in total. The summed E-state index contributed by atoms with van der Waals surface area (Å²) in [5.74, 6) is -0.197. The third-order valence-electron chi connectivity index (χ3n) is 10.5. The van der Waals surface area contributed by atoms with Gasteiger partial charge in [0.1, 0.15) is 24.4 Å². The van der Waals surface area contributed by atoms with Crippen LogP contribution in [0.4, 0.5) is 0 Å². The Balaban J connectivity index is 2.31. The van der Waals surface area contributed by atoms with Gasteiger partial charge in [-0.05, 0) is 44.9 Å². The molecule has 1 saturated heterocycles. The van der Waals surface area contributed by atoms with E-state index in [0.717, 1.165) is 32.1 Å². The Morgan fingerprint density at radius 2 is 1.09 bits per heavy atom. The maximum absolute atomic E-state index is 12.9. The summed E-state index contributed by atoms with van der Waals surface area (Å²) in [5.41, 5.74) is 0. The molecular weight excluding hydrogens is 682 g/mol. The highest BCUT2D eigenvalue weighted by Crippen LogP contribution is 2.22. The first-order valence-electron chi connectivity index (χ1n) is 22.2. The molecule has 316 valence electrons. The van der Waals surface area contributed by atoms with Crippen molar-refractivity contribution in [2.24, 2.45) is 0 Å². The van der Waals surface area contributed by atoms with E-state index in [1.54, 1.807) is 12.2 Å². The molecule has 0 aliphatic carbocycles. The summed E-state index contributed by atoms with van der Waals surface area (Å²) in [6.45, 7) is 3.70. The number of carbonyl (C=O) groups is 1. The van der Waals surface area contributed by atoms with Gasteiger partial charge in [0, 0.05) is 6.42 Å². The third kappa shape index (κ3) is 26.3. The number of allylic oxidation sites excluding steroid dienone is 5. The number of hydrogen-bond donors (Lipinski definition) is 6. The highest BCUT2D eigenvalue weighted by Gasteiger charge is 2.44. The SMILES string of the molecule is CCCCCCCC/C=C/C=C/[C@@H](O)[C@H](CO[C@H]1O[C@@H](CO)[C@H](O)C(O)C1O)NC(=O)CCCCCCCCCCCCC/C=C/CCCCCCCC. The van der Waals surface area contributed by atoms with E-state index in [1.807, 2.05) is 6.08 Å². The van der Waals surface area contributed by atoms with Crippen molar-refractivity contribution < 1.29 is 39.8 Å². The summed E-state index contributed by atoms with van der Waals surface area (Å²) in [7, 11) is 0. The van der Waals surface area contributed by atoms with Crippen molar-refractivity contribution in [1.29, 1.82) is 0 Å². The topological polar surface area (TPSA) is 149 Å². The quantitative estimate of drug-likeness (QED) is 0.0211. The van der Waals surface area contributed by atoms with Crippen molar-refractivity contribution in [3.63, 3.8) is 0 Å². The van der Waals surface area contributed by atoms with Gasteiger partial charge in [-0.2, -0.15) is 0 Å². The summed E-state index contributed by atoms with van der Waals surface area (Å²) in [4.78, 5) is 12.9. The molecule has 1 rings (SSSR count). The molecule has 1 aliphatic heterocycles. The molecule has 0 aromatic carbocycles. The second kappa shape index (κ2) is 35.8. The normalized spacial score (nSPS) is 21.8. The number of aliphatic hydroxyl groups is 5. The molecule has 0 aromatic rings. The van der Waals surface area contributed by atoms with Crippen molar-refractivity contribution in [3.05, 3.63) is 36.5 Å². The molecule has 1 amide bonds. The lowest BCUT2D eigenvalue weighted by Gasteiger charge is -2.40. The lowest BCUT2D eigenvalue weighted by molar-refractivity contribution is -0.302. The molecule has 6 N–H and O–H groups in total. The first-order chi connectivity index (χ1) is 26.3. The number of carbonyl (C=O) groups excluding carboxylic acids is 1. The van der Waals surface area contributed by atoms with Crippen LogP contribution in [-0.2, 0) is 14.3 Å². The predicted molar refractivity (Wildman–Crippen MR) is 221 cm³/mol. The summed E-state index contributed by atoms with van der Waals surface area (Å²) in [6, 6.07) is -0.834. The van der Waals surface area contributed by atoms with Crippen molar-refractivity contribution in [2.75, 3.05) is 13.2 Å². The molecule has 0 radical (unpaired) electrons. The molecule has 9 heteroatoms. The van der Waals surface area contributed by atoms with Crippen LogP contribution in [0.2, 0.25) is 0 Å². The highest BCUT2D eigenvalue weighted by molar-refractivity contribution is 5.76. The van der Waals surface area contributed by atoms with E-state index in [0.29, 0.717) is 6.42 Å². The molecule has 0 aromatic heterocycles. The van der Waals surface area contributed by atoms with Crippen LogP contribution in [0, 0.1) is 0 Å². The van der Waals surface area contributed by atoms with E-state index in [4.69, 9.17) is 9.47 Å². The summed E-state index contributed by atoms with van der Waals surface area (Å²) in [6.07, 6.45) is 36.4. The Labute approximate surface area is 330 Å². The molecule has 1 aliphatic rings. The Hall–Kier alpha value is -1.59. The zero-order chi connectivity index (χ0) is 39.5. The molecule has 0 spiro atoms. The average molecular weight is 766 g/mol. The maximum Gasteiger partial charge on any atom is 0.220 e. The molecule has 54 heavy (non-hydrogen) atoms. The fourth-order valence-electron chi connectivity index (χ4n) is 6.85. The van der Waals surface area contributed by atoms with E-state index >= 15 is 0 Å². The molecule has 7 atom stereocenters. The Kier molecular flexibility index (Phi) is 33.4. The first kappa shape index (κ1) is 50.4. The third-order valence-corrected chi connectivity index (χ3v) is 10.5. The Morgan fingerprint density at radius 1 is 0.630 bits per heavy atom. The van der Waals surface area contributed by atoms with Crippen LogP contribution in [0.15, 0.2) is 36.5 Å².